The number of hydrogen-bond donors (Lipinski definition) is 3. The average molecular weight is 623 g/mol. The van der Waals surface area contributed by atoms with Crippen LogP contribution in [0.25, 0.3) is 0 Å². The lowest BCUT2D eigenvalue weighted by molar-refractivity contribution is -0.139. The third kappa shape index (κ3) is 14.2. The van der Waals surface area contributed by atoms with Crippen molar-refractivity contribution in [2.75, 3.05) is 0 Å². The fourth-order valence-corrected chi connectivity index (χ4v) is 7.28. The van der Waals surface area contributed by atoms with Crippen molar-refractivity contribution in [3.05, 3.63) is 11.6 Å². The predicted octanol–water partition coefficient (Wildman–Crippen LogP) is 7.86. The SMILES string of the molecule is CCCCCCCCCC[C@H](O)[C@H]1CCC([C@H]2CC[C@@H]([C@H](O)CCCCCCCCCC[C@@H](O)CC3=C[C@H](C)OC3=O)O2)O1. The van der Waals surface area contributed by atoms with Crippen molar-refractivity contribution in [2.24, 2.45) is 0 Å². The second-order valence-corrected chi connectivity index (χ2v) is 14.0. The molecule has 1 unspecified atom stereocenters. The van der Waals surface area contributed by atoms with Crippen LogP contribution in [0.1, 0.15) is 168 Å². The molecular weight excluding hydrogens is 556 g/mol. The molecule has 0 aliphatic carbocycles. The molecule has 8 atom stereocenters. The van der Waals surface area contributed by atoms with Crippen molar-refractivity contribution in [3.8, 4) is 0 Å². The van der Waals surface area contributed by atoms with Gasteiger partial charge in [0.15, 0.2) is 0 Å². The Morgan fingerprint density at radius 1 is 0.659 bits per heavy atom. The molecule has 3 aliphatic rings. The van der Waals surface area contributed by atoms with E-state index < -0.39 is 12.2 Å². The van der Waals surface area contributed by atoms with E-state index in [9.17, 15) is 20.1 Å². The number of rotatable bonds is 25. The first-order valence-electron chi connectivity index (χ1n) is 18.6. The molecule has 3 rings (SSSR count). The van der Waals surface area contributed by atoms with Crippen LogP contribution in [-0.4, -0.2) is 70.1 Å². The Kier molecular flexibility index (Phi) is 18.5. The van der Waals surface area contributed by atoms with E-state index in [0.717, 1.165) is 77.0 Å². The zero-order chi connectivity index (χ0) is 31.6. The van der Waals surface area contributed by atoms with Crippen LogP contribution in [0, 0.1) is 0 Å². The van der Waals surface area contributed by atoms with Gasteiger partial charge in [-0.2, -0.15) is 0 Å². The summed E-state index contributed by atoms with van der Waals surface area (Å²) >= 11 is 0. The number of esters is 1. The fourth-order valence-electron chi connectivity index (χ4n) is 7.28. The highest BCUT2D eigenvalue weighted by atomic mass is 16.6. The third-order valence-corrected chi connectivity index (χ3v) is 10.0. The average Bonchev–Trinajstić information content (AvgIpc) is 3.75. The zero-order valence-corrected chi connectivity index (χ0v) is 28.1. The number of cyclic esters (lactones) is 1. The van der Waals surface area contributed by atoms with Gasteiger partial charge in [-0.3, -0.25) is 0 Å². The topological polar surface area (TPSA) is 105 Å². The Balaban J connectivity index is 1.13. The number of unbranched alkanes of at least 4 members (excludes halogenated alkanes) is 14. The van der Waals surface area contributed by atoms with Crippen molar-refractivity contribution < 1.29 is 34.3 Å². The van der Waals surface area contributed by atoms with Crippen LogP contribution in [0.15, 0.2) is 11.6 Å². The second-order valence-electron chi connectivity index (χ2n) is 14.0. The maximum atomic E-state index is 11.7. The minimum Gasteiger partial charge on any atom is -0.455 e. The lowest BCUT2D eigenvalue weighted by Crippen LogP contribution is -2.33. The normalized spacial score (nSPS) is 27.4. The van der Waals surface area contributed by atoms with E-state index in [1.54, 1.807) is 0 Å². The summed E-state index contributed by atoms with van der Waals surface area (Å²) in [6, 6.07) is 0. The van der Waals surface area contributed by atoms with E-state index in [2.05, 4.69) is 6.92 Å². The maximum Gasteiger partial charge on any atom is 0.334 e. The van der Waals surface area contributed by atoms with Crippen molar-refractivity contribution in [3.63, 3.8) is 0 Å². The van der Waals surface area contributed by atoms with Gasteiger partial charge in [-0.15, -0.1) is 0 Å². The Hall–Kier alpha value is -0.990. The number of aliphatic hydroxyl groups is 3. The zero-order valence-electron chi connectivity index (χ0n) is 28.1. The smallest absolute Gasteiger partial charge is 0.334 e. The standard InChI is InChI=1S/C37H66O7/c1-3-4-5-6-7-11-14-17-20-31(39)33-22-24-35(43-33)36-25-23-34(44-36)32(40)21-18-15-12-9-8-10-13-16-19-30(38)27-29-26-28(2)42-37(29)41/h26,28,30-36,38-40H,3-25,27H2,1-2H3/t28-,30+,31-,32+,33+,34-,35?,36+/m0/s1. The minimum atomic E-state index is -0.463. The Labute approximate surface area is 268 Å². The van der Waals surface area contributed by atoms with E-state index in [1.807, 2.05) is 13.0 Å². The van der Waals surface area contributed by atoms with E-state index in [0.29, 0.717) is 12.0 Å². The molecule has 2 saturated heterocycles. The van der Waals surface area contributed by atoms with Gasteiger partial charge in [0.25, 0.3) is 0 Å². The van der Waals surface area contributed by atoms with Gasteiger partial charge in [0.1, 0.15) is 6.10 Å². The van der Waals surface area contributed by atoms with Gasteiger partial charge in [0.2, 0.25) is 0 Å². The molecule has 7 heteroatoms. The molecule has 7 nitrogen and oxygen atoms in total. The molecule has 2 fully saturated rings. The summed E-state index contributed by atoms with van der Waals surface area (Å²) in [5.41, 5.74) is 0.617. The molecule has 256 valence electrons. The summed E-state index contributed by atoms with van der Waals surface area (Å²) in [6.45, 7) is 4.09. The largest absolute Gasteiger partial charge is 0.455 e. The molecule has 3 aliphatic heterocycles. The number of ether oxygens (including phenoxy) is 3. The molecule has 0 aromatic carbocycles. The number of carbonyl (C=O) groups is 1. The molecule has 0 aromatic rings. The van der Waals surface area contributed by atoms with E-state index in [-0.39, 0.29) is 42.6 Å². The monoisotopic (exact) mass is 622 g/mol. The van der Waals surface area contributed by atoms with Gasteiger partial charge in [0, 0.05) is 12.0 Å². The highest BCUT2D eigenvalue weighted by molar-refractivity contribution is 5.90. The Morgan fingerprint density at radius 2 is 1.09 bits per heavy atom. The summed E-state index contributed by atoms with van der Waals surface area (Å²) in [7, 11) is 0. The molecule has 0 amide bonds. The molecule has 44 heavy (non-hydrogen) atoms. The van der Waals surface area contributed by atoms with Crippen LogP contribution >= 0.6 is 0 Å². The summed E-state index contributed by atoms with van der Waals surface area (Å²) in [5.74, 6) is -0.281. The maximum absolute atomic E-state index is 11.7. The Bertz CT molecular complexity index is 801. The first-order chi connectivity index (χ1) is 21.4. The summed E-state index contributed by atoms with van der Waals surface area (Å²) in [6.07, 6.45) is 26.1. The van der Waals surface area contributed by atoms with Crippen molar-refractivity contribution in [1.29, 1.82) is 0 Å². The van der Waals surface area contributed by atoms with Crippen LogP contribution in [0.2, 0.25) is 0 Å². The van der Waals surface area contributed by atoms with E-state index in [1.165, 1.54) is 70.6 Å². The minimum absolute atomic E-state index is 0.0519. The summed E-state index contributed by atoms with van der Waals surface area (Å²) in [4.78, 5) is 11.7. The van der Waals surface area contributed by atoms with E-state index >= 15 is 0 Å². The molecule has 0 saturated carbocycles. The highest BCUT2D eigenvalue weighted by Crippen LogP contribution is 2.34. The first-order valence-corrected chi connectivity index (χ1v) is 18.6. The molecule has 0 aromatic heterocycles. The summed E-state index contributed by atoms with van der Waals surface area (Å²) < 4.78 is 17.7. The fraction of sp³-hybridized carbons (Fsp3) is 0.919. The molecule has 3 N–H and O–H groups in total. The first kappa shape index (κ1) is 37.5. The second kappa shape index (κ2) is 21.7. The lowest BCUT2D eigenvalue weighted by atomic mass is 10.00. The quantitative estimate of drug-likeness (QED) is 0.0703. The number of hydrogen-bond acceptors (Lipinski definition) is 7. The van der Waals surface area contributed by atoms with Gasteiger partial charge in [0.05, 0.1) is 42.7 Å². The van der Waals surface area contributed by atoms with Crippen LogP contribution in [-0.2, 0) is 19.0 Å². The van der Waals surface area contributed by atoms with Gasteiger partial charge in [-0.25, -0.2) is 4.79 Å². The third-order valence-electron chi connectivity index (χ3n) is 10.0. The van der Waals surface area contributed by atoms with Crippen LogP contribution < -0.4 is 0 Å². The predicted molar refractivity (Wildman–Crippen MR) is 175 cm³/mol. The van der Waals surface area contributed by atoms with E-state index in [4.69, 9.17) is 14.2 Å². The molecule has 0 bridgehead atoms. The molecular formula is C37H66O7. The van der Waals surface area contributed by atoms with Gasteiger partial charge >= 0.3 is 5.97 Å². The van der Waals surface area contributed by atoms with Crippen molar-refractivity contribution in [2.45, 2.75) is 217 Å². The van der Waals surface area contributed by atoms with Gasteiger partial charge in [-0.05, 0) is 57.9 Å². The van der Waals surface area contributed by atoms with Gasteiger partial charge < -0.3 is 29.5 Å². The lowest BCUT2D eigenvalue weighted by Gasteiger charge is -2.24. The van der Waals surface area contributed by atoms with Crippen LogP contribution in [0.4, 0.5) is 0 Å². The number of carbonyl (C=O) groups excluding carboxylic acids is 1. The van der Waals surface area contributed by atoms with Crippen LogP contribution in [0.5, 0.6) is 0 Å². The Morgan fingerprint density at radius 3 is 1.52 bits per heavy atom. The van der Waals surface area contributed by atoms with Gasteiger partial charge in [-0.1, -0.05) is 110 Å². The summed E-state index contributed by atoms with van der Waals surface area (Å²) in [5, 5.41) is 31.6. The van der Waals surface area contributed by atoms with Crippen molar-refractivity contribution >= 4 is 5.97 Å². The molecule has 3 heterocycles. The highest BCUT2D eigenvalue weighted by Gasteiger charge is 2.40. The van der Waals surface area contributed by atoms with Crippen molar-refractivity contribution in [1.82, 2.24) is 0 Å². The van der Waals surface area contributed by atoms with Crippen LogP contribution in [0.3, 0.4) is 0 Å². The molecule has 0 radical (unpaired) electrons. The molecule has 0 spiro atoms. The number of aliphatic hydroxyl groups excluding tert-OH is 3.